The summed E-state index contributed by atoms with van der Waals surface area (Å²) in [5.74, 6) is 0.971. The number of anilines is 1. The number of hydrogen-bond acceptors (Lipinski definition) is 4. The number of aliphatic hydroxyl groups excluding tert-OH is 1. The molecule has 0 saturated carbocycles. The maximum absolute atomic E-state index is 9.15. The molecule has 1 aromatic heterocycles. The Balaban J connectivity index is 2.30. The van der Waals surface area contributed by atoms with Crippen molar-refractivity contribution in [3.8, 4) is 0 Å². The molecule has 0 spiro atoms. The lowest BCUT2D eigenvalue weighted by Crippen LogP contribution is -2.27. The molecule has 2 aromatic rings. The number of aliphatic hydroxyl groups is 1. The first-order valence-corrected chi connectivity index (χ1v) is 6.22. The summed E-state index contributed by atoms with van der Waals surface area (Å²) in [6.45, 7) is 6.14. The van der Waals surface area contributed by atoms with Crippen LogP contribution in [0.4, 0.5) is 5.82 Å². The number of nitrogens with zero attached hydrogens (tertiary/aromatic N) is 2. The van der Waals surface area contributed by atoms with E-state index < -0.39 is 0 Å². The van der Waals surface area contributed by atoms with E-state index in [4.69, 9.17) is 5.11 Å². The molecule has 96 valence electrons. The summed E-state index contributed by atoms with van der Waals surface area (Å²) in [5, 5.41) is 12.5. The topological polar surface area (TPSA) is 58.0 Å². The molecule has 2 unspecified atom stereocenters. The highest BCUT2D eigenvalue weighted by Crippen LogP contribution is 2.18. The normalized spacial score (nSPS) is 14.4. The minimum Gasteiger partial charge on any atom is -0.396 e. The molecule has 1 aromatic carbocycles. The van der Waals surface area contributed by atoms with Crippen molar-refractivity contribution in [3.63, 3.8) is 0 Å². The quantitative estimate of drug-likeness (QED) is 0.868. The molecule has 18 heavy (non-hydrogen) atoms. The summed E-state index contributed by atoms with van der Waals surface area (Å²) in [6.07, 6.45) is 0. The second-order valence-corrected chi connectivity index (χ2v) is 4.74. The molecule has 2 rings (SSSR count). The fourth-order valence-electron chi connectivity index (χ4n) is 1.74. The predicted octanol–water partition coefficient (Wildman–Crippen LogP) is 2.37. The molecule has 0 aliphatic heterocycles. The molecule has 4 nitrogen and oxygen atoms in total. The van der Waals surface area contributed by atoms with Crippen LogP contribution >= 0.6 is 0 Å². The van der Waals surface area contributed by atoms with Crippen LogP contribution in [0, 0.1) is 12.8 Å². The first kappa shape index (κ1) is 12.8. The van der Waals surface area contributed by atoms with Crippen molar-refractivity contribution in [2.75, 3.05) is 11.9 Å². The first-order chi connectivity index (χ1) is 8.61. The van der Waals surface area contributed by atoms with Crippen molar-refractivity contribution < 1.29 is 5.11 Å². The monoisotopic (exact) mass is 245 g/mol. The van der Waals surface area contributed by atoms with E-state index in [9.17, 15) is 0 Å². The number of para-hydroxylation sites is 2. The summed E-state index contributed by atoms with van der Waals surface area (Å²) >= 11 is 0. The number of nitrogens with one attached hydrogen (secondary N) is 1. The Labute approximate surface area is 107 Å². The van der Waals surface area contributed by atoms with E-state index in [1.54, 1.807) is 0 Å². The van der Waals surface area contributed by atoms with Crippen LogP contribution in [0.25, 0.3) is 11.0 Å². The molecular weight excluding hydrogens is 226 g/mol. The van der Waals surface area contributed by atoms with Gasteiger partial charge in [0.2, 0.25) is 0 Å². The highest BCUT2D eigenvalue weighted by Gasteiger charge is 2.13. The van der Waals surface area contributed by atoms with E-state index in [-0.39, 0.29) is 18.6 Å². The van der Waals surface area contributed by atoms with Crippen LogP contribution in [0.2, 0.25) is 0 Å². The number of benzene rings is 1. The van der Waals surface area contributed by atoms with Gasteiger partial charge in [0.05, 0.1) is 16.7 Å². The van der Waals surface area contributed by atoms with Crippen LogP contribution in [-0.4, -0.2) is 27.7 Å². The fourth-order valence-corrected chi connectivity index (χ4v) is 1.74. The number of rotatable bonds is 4. The standard InChI is InChI=1S/C14H19N3O/c1-9(8-18)10(2)16-14-11(3)15-12-6-4-5-7-13(12)17-14/h4-7,9-10,18H,8H2,1-3H3,(H,16,17). The molecule has 1 heterocycles. The molecule has 0 fully saturated rings. The second-order valence-electron chi connectivity index (χ2n) is 4.74. The maximum atomic E-state index is 9.15. The average molecular weight is 245 g/mol. The summed E-state index contributed by atoms with van der Waals surface area (Å²) in [5.41, 5.74) is 2.67. The van der Waals surface area contributed by atoms with E-state index in [1.165, 1.54) is 0 Å². The van der Waals surface area contributed by atoms with Crippen LogP contribution in [0.1, 0.15) is 19.5 Å². The van der Waals surface area contributed by atoms with Crippen LogP contribution in [-0.2, 0) is 0 Å². The van der Waals surface area contributed by atoms with Gasteiger partial charge in [-0.3, -0.25) is 0 Å². The van der Waals surface area contributed by atoms with Gasteiger partial charge in [-0.15, -0.1) is 0 Å². The van der Waals surface area contributed by atoms with Crippen LogP contribution in [0.3, 0.4) is 0 Å². The number of aromatic nitrogens is 2. The third-order valence-electron chi connectivity index (χ3n) is 3.25. The minimum atomic E-state index is 0.157. The Bertz CT molecular complexity index is 542. The van der Waals surface area contributed by atoms with E-state index in [0.29, 0.717) is 0 Å². The molecule has 0 bridgehead atoms. The van der Waals surface area contributed by atoms with Gasteiger partial charge in [-0.05, 0) is 31.9 Å². The second kappa shape index (κ2) is 5.31. The van der Waals surface area contributed by atoms with E-state index in [2.05, 4.69) is 15.3 Å². The van der Waals surface area contributed by atoms with Gasteiger partial charge in [0, 0.05) is 12.6 Å². The van der Waals surface area contributed by atoms with Crippen molar-refractivity contribution in [1.29, 1.82) is 0 Å². The molecule has 0 aliphatic carbocycles. The third kappa shape index (κ3) is 2.59. The van der Waals surface area contributed by atoms with Gasteiger partial charge in [0.15, 0.2) is 0 Å². The zero-order valence-electron chi connectivity index (χ0n) is 11.0. The van der Waals surface area contributed by atoms with Gasteiger partial charge in [-0.2, -0.15) is 0 Å². The summed E-state index contributed by atoms with van der Waals surface area (Å²) < 4.78 is 0. The van der Waals surface area contributed by atoms with Crippen LogP contribution in [0.5, 0.6) is 0 Å². The number of fused-ring (bicyclic) bond motifs is 1. The zero-order chi connectivity index (χ0) is 13.1. The van der Waals surface area contributed by atoms with Gasteiger partial charge in [0.25, 0.3) is 0 Å². The Kier molecular flexibility index (Phi) is 3.77. The highest BCUT2D eigenvalue weighted by atomic mass is 16.3. The lowest BCUT2D eigenvalue weighted by atomic mass is 10.1. The van der Waals surface area contributed by atoms with Crippen molar-refractivity contribution in [1.82, 2.24) is 9.97 Å². The number of hydrogen-bond donors (Lipinski definition) is 2. The molecule has 0 radical (unpaired) electrons. The smallest absolute Gasteiger partial charge is 0.148 e. The average Bonchev–Trinajstić information content (AvgIpc) is 2.38. The molecular formula is C14H19N3O. The van der Waals surface area contributed by atoms with Gasteiger partial charge < -0.3 is 10.4 Å². The van der Waals surface area contributed by atoms with E-state index in [0.717, 1.165) is 22.5 Å². The summed E-state index contributed by atoms with van der Waals surface area (Å²) in [7, 11) is 0. The van der Waals surface area contributed by atoms with Crippen molar-refractivity contribution in [2.24, 2.45) is 5.92 Å². The molecule has 0 amide bonds. The molecule has 2 N–H and O–H groups in total. The van der Waals surface area contributed by atoms with E-state index >= 15 is 0 Å². The molecule has 2 atom stereocenters. The Hall–Kier alpha value is -1.68. The minimum absolute atomic E-state index is 0.157. The lowest BCUT2D eigenvalue weighted by molar-refractivity contribution is 0.226. The maximum Gasteiger partial charge on any atom is 0.148 e. The summed E-state index contributed by atoms with van der Waals surface area (Å²) in [6, 6.07) is 7.98. The Morgan fingerprint density at radius 2 is 1.78 bits per heavy atom. The highest BCUT2D eigenvalue weighted by molar-refractivity contribution is 5.76. The van der Waals surface area contributed by atoms with E-state index in [1.807, 2.05) is 45.0 Å². The fraction of sp³-hybridized carbons (Fsp3) is 0.429. The van der Waals surface area contributed by atoms with Gasteiger partial charge in [-0.25, -0.2) is 9.97 Å². The summed E-state index contributed by atoms with van der Waals surface area (Å²) in [4.78, 5) is 9.10. The molecule has 0 saturated heterocycles. The predicted molar refractivity (Wildman–Crippen MR) is 73.6 cm³/mol. The SMILES string of the molecule is Cc1nc2ccccc2nc1NC(C)C(C)CO. The van der Waals surface area contributed by atoms with Crippen LogP contribution in [0.15, 0.2) is 24.3 Å². The van der Waals surface area contributed by atoms with Gasteiger partial charge >= 0.3 is 0 Å². The Morgan fingerprint density at radius 3 is 2.39 bits per heavy atom. The first-order valence-electron chi connectivity index (χ1n) is 6.22. The van der Waals surface area contributed by atoms with Gasteiger partial charge in [-0.1, -0.05) is 19.1 Å². The van der Waals surface area contributed by atoms with Crippen molar-refractivity contribution >= 4 is 16.9 Å². The lowest BCUT2D eigenvalue weighted by Gasteiger charge is -2.20. The van der Waals surface area contributed by atoms with Gasteiger partial charge in [0.1, 0.15) is 5.82 Å². The van der Waals surface area contributed by atoms with Crippen molar-refractivity contribution in [2.45, 2.75) is 26.8 Å². The number of aryl methyl sites for hydroxylation is 1. The van der Waals surface area contributed by atoms with Crippen molar-refractivity contribution in [3.05, 3.63) is 30.0 Å². The van der Waals surface area contributed by atoms with Crippen LogP contribution < -0.4 is 5.32 Å². The Morgan fingerprint density at radius 1 is 1.17 bits per heavy atom. The largest absolute Gasteiger partial charge is 0.396 e. The third-order valence-corrected chi connectivity index (χ3v) is 3.25. The molecule has 4 heteroatoms. The molecule has 0 aliphatic rings. The zero-order valence-corrected chi connectivity index (χ0v) is 11.0.